The van der Waals surface area contributed by atoms with Crippen molar-refractivity contribution in [2.75, 3.05) is 37.5 Å². The molecule has 0 aromatic carbocycles. The topological polar surface area (TPSA) is 198 Å². The molecule has 32 heavy (non-hydrogen) atoms. The first-order chi connectivity index (χ1) is 15.3. The number of hydrogen-bond acceptors (Lipinski definition) is 8. The third-order valence-corrected chi connectivity index (χ3v) is 4.68. The van der Waals surface area contributed by atoms with Crippen molar-refractivity contribution in [2.24, 2.45) is 15.7 Å². The van der Waals surface area contributed by atoms with Crippen LogP contribution in [-0.2, 0) is 16.0 Å². The van der Waals surface area contributed by atoms with Gasteiger partial charge in [0.05, 0.1) is 12.2 Å². The highest BCUT2D eigenvalue weighted by atomic mass is 32.2. The number of thiazole rings is 1. The Kier molecular flexibility index (Phi) is 16.5. The molecule has 0 aliphatic rings. The lowest BCUT2D eigenvalue weighted by molar-refractivity contribution is -0.134. The molecule has 0 spiro atoms. The normalized spacial score (nSPS) is 11.3. The highest BCUT2D eigenvalue weighted by Crippen LogP contribution is 2.16. The number of guanidine groups is 2. The molecule has 176 valence electrons. The standard InChI is InChI=1S/C14H24N8S2.C4H4O4/c1-17-13(20-10-15)19-6-4-3-5-11-9-24-14(21-11)22-12(16)18-7-8-23-2;5-3(6)1-2-4(7)8/h9H,3-8H2,1-2H3,(H2,17,19,20)(H3,16,18,21,22);1-2H,(H,5,6)(H,7,8)/b;2-1-. The fourth-order valence-corrected chi connectivity index (χ4v) is 2.92. The van der Waals surface area contributed by atoms with Gasteiger partial charge < -0.3 is 26.6 Å². The van der Waals surface area contributed by atoms with Crippen LogP contribution >= 0.6 is 23.1 Å². The van der Waals surface area contributed by atoms with Crippen molar-refractivity contribution in [2.45, 2.75) is 19.3 Å². The summed E-state index contributed by atoms with van der Waals surface area (Å²) in [5.41, 5.74) is 6.85. The number of carboxylic acids is 2. The van der Waals surface area contributed by atoms with Crippen LogP contribution in [0.1, 0.15) is 18.5 Å². The SMILES string of the molecule is CN=C(NC#N)NCCCCc1csc(NC(N)=NCCSC)n1.O=C(O)/C=C\C(=O)O. The van der Waals surface area contributed by atoms with Crippen molar-refractivity contribution in [3.63, 3.8) is 0 Å². The van der Waals surface area contributed by atoms with E-state index in [1.54, 1.807) is 18.8 Å². The van der Waals surface area contributed by atoms with Gasteiger partial charge in [-0.1, -0.05) is 0 Å². The Morgan fingerprint density at radius 1 is 1.34 bits per heavy atom. The Hall–Kier alpha value is -3.31. The maximum absolute atomic E-state index is 9.55. The molecule has 0 radical (unpaired) electrons. The lowest BCUT2D eigenvalue weighted by Crippen LogP contribution is -2.34. The minimum atomic E-state index is -1.26. The lowest BCUT2D eigenvalue weighted by Gasteiger charge is -2.06. The van der Waals surface area contributed by atoms with Gasteiger partial charge in [0.2, 0.25) is 5.96 Å². The van der Waals surface area contributed by atoms with Crippen LogP contribution < -0.4 is 21.7 Å². The zero-order valence-corrected chi connectivity index (χ0v) is 19.5. The summed E-state index contributed by atoms with van der Waals surface area (Å²) in [6.45, 7) is 1.46. The first-order valence-electron chi connectivity index (χ1n) is 9.32. The van der Waals surface area contributed by atoms with Crippen molar-refractivity contribution in [1.29, 1.82) is 5.26 Å². The number of aromatic nitrogens is 1. The number of nitrogens with zero attached hydrogens (tertiary/aromatic N) is 4. The first-order valence-corrected chi connectivity index (χ1v) is 11.6. The molecule has 0 amide bonds. The van der Waals surface area contributed by atoms with Gasteiger partial charge in [0.25, 0.3) is 0 Å². The molecule has 1 aromatic heterocycles. The number of aliphatic carboxylic acids is 2. The molecular formula is C18H28N8O4S2. The lowest BCUT2D eigenvalue weighted by atomic mass is 10.2. The van der Waals surface area contributed by atoms with E-state index in [4.69, 9.17) is 21.2 Å². The van der Waals surface area contributed by atoms with E-state index in [1.807, 2.05) is 17.8 Å². The van der Waals surface area contributed by atoms with Gasteiger partial charge in [-0.15, -0.1) is 11.3 Å². The summed E-state index contributed by atoms with van der Waals surface area (Å²) in [5, 5.41) is 35.5. The average molecular weight is 485 g/mol. The van der Waals surface area contributed by atoms with E-state index in [0.29, 0.717) is 30.6 Å². The molecule has 0 aliphatic carbocycles. The summed E-state index contributed by atoms with van der Waals surface area (Å²) in [6.07, 6.45) is 7.85. The van der Waals surface area contributed by atoms with Gasteiger partial charge in [-0.2, -0.15) is 17.0 Å². The molecule has 1 rings (SSSR count). The number of nitrogens with one attached hydrogen (secondary N) is 3. The molecule has 7 N–H and O–H groups in total. The third-order valence-electron chi connectivity index (χ3n) is 3.28. The molecule has 1 heterocycles. The van der Waals surface area contributed by atoms with Crippen LogP contribution in [0.2, 0.25) is 0 Å². The number of unbranched alkanes of at least 4 members (excludes halogenated alkanes) is 1. The van der Waals surface area contributed by atoms with Gasteiger partial charge in [-0.05, 0) is 25.5 Å². The molecule has 12 nitrogen and oxygen atoms in total. The van der Waals surface area contributed by atoms with Crippen LogP contribution in [0.15, 0.2) is 27.5 Å². The summed E-state index contributed by atoms with van der Waals surface area (Å²) < 4.78 is 0. The first kappa shape index (κ1) is 28.7. The summed E-state index contributed by atoms with van der Waals surface area (Å²) in [5.74, 6) is -0.660. The molecule has 0 aliphatic heterocycles. The number of carbonyl (C=O) groups is 2. The number of nitriles is 1. The summed E-state index contributed by atoms with van der Waals surface area (Å²) in [6, 6.07) is 0. The summed E-state index contributed by atoms with van der Waals surface area (Å²) >= 11 is 3.26. The van der Waals surface area contributed by atoms with Crippen molar-refractivity contribution in [3.8, 4) is 6.19 Å². The molecule has 0 saturated heterocycles. The molecule has 14 heteroatoms. The number of nitrogens with two attached hydrogens (primary N) is 1. The largest absolute Gasteiger partial charge is 0.478 e. The van der Waals surface area contributed by atoms with Gasteiger partial charge in [-0.25, -0.2) is 14.6 Å². The number of carboxylic acid groups (broad SMARTS) is 2. The highest BCUT2D eigenvalue weighted by Gasteiger charge is 2.03. The maximum Gasteiger partial charge on any atom is 0.328 e. The molecule has 0 atom stereocenters. The van der Waals surface area contributed by atoms with E-state index >= 15 is 0 Å². The summed E-state index contributed by atoms with van der Waals surface area (Å²) in [7, 11) is 1.63. The number of rotatable bonds is 11. The second-order valence-corrected chi connectivity index (χ2v) is 7.58. The monoisotopic (exact) mass is 484 g/mol. The zero-order chi connectivity index (χ0) is 24.2. The molecule has 1 aromatic rings. The van der Waals surface area contributed by atoms with Crippen molar-refractivity contribution >= 4 is 52.1 Å². The fraction of sp³-hybridized carbons (Fsp3) is 0.444. The van der Waals surface area contributed by atoms with Crippen molar-refractivity contribution < 1.29 is 19.8 Å². The van der Waals surface area contributed by atoms with E-state index in [0.717, 1.165) is 42.4 Å². The van der Waals surface area contributed by atoms with Crippen LogP contribution in [-0.4, -0.2) is 71.2 Å². The zero-order valence-electron chi connectivity index (χ0n) is 17.9. The van der Waals surface area contributed by atoms with Crippen LogP contribution in [0.4, 0.5) is 5.13 Å². The minimum Gasteiger partial charge on any atom is -0.478 e. The summed E-state index contributed by atoms with van der Waals surface area (Å²) in [4.78, 5) is 31.8. The van der Waals surface area contributed by atoms with Crippen LogP contribution in [0.5, 0.6) is 0 Å². The van der Waals surface area contributed by atoms with Gasteiger partial charge in [-0.3, -0.25) is 15.3 Å². The number of anilines is 1. The predicted molar refractivity (Wildman–Crippen MR) is 128 cm³/mol. The Labute approximate surface area is 194 Å². The Morgan fingerprint density at radius 2 is 2.03 bits per heavy atom. The quantitative estimate of drug-likeness (QED) is 0.0651. The van der Waals surface area contributed by atoms with Gasteiger partial charge in [0.1, 0.15) is 0 Å². The third kappa shape index (κ3) is 16.5. The van der Waals surface area contributed by atoms with E-state index < -0.39 is 11.9 Å². The van der Waals surface area contributed by atoms with Gasteiger partial charge in [0, 0.05) is 36.9 Å². The van der Waals surface area contributed by atoms with E-state index in [2.05, 4.69) is 30.9 Å². The van der Waals surface area contributed by atoms with Crippen molar-refractivity contribution in [1.82, 2.24) is 15.6 Å². The molecule has 0 unspecified atom stereocenters. The maximum atomic E-state index is 9.55. The van der Waals surface area contributed by atoms with Gasteiger partial charge in [0.15, 0.2) is 17.3 Å². The van der Waals surface area contributed by atoms with E-state index in [1.165, 1.54) is 11.3 Å². The van der Waals surface area contributed by atoms with E-state index in [-0.39, 0.29) is 0 Å². The predicted octanol–water partition coefficient (Wildman–Crippen LogP) is 0.913. The van der Waals surface area contributed by atoms with Crippen molar-refractivity contribution in [3.05, 3.63) is 23.2 Å². The molecule has 0 bridgehead atoms. The molecule has 0 saturated carbocycles. The van der Waals surface area contributed by atoms with Crippen LogP contribution in [0.3, 0.4) is 0 Å². The number of aliphatic imine (C=N–C) groups is 2. The highest BCUT2D eigenvalue weighted by molar-refractivity contribution is 7.98. The number of hydrogen-bond donors (Lipinski definition) is 6. The second-order valence-electron chi connectivity index (χ2n) is 5.73. The van der Waals surface area contributed by atoms with Crippen LogP contribution in [0.25, 0.3) is 0 Å². The number of aryl methyl sites for hydroxylation is 1. The molecule has 0 fully saturated rings. The minimum absolute atomic E-state index is 0.408. The van der Waals surface area contributed by atoms with Crippen LogP contribution in [0, 0.1) is 11.5 Å². The average Bonchev–Trinajstić information content (AvgIpc) is 3.19. The van der Waals surface area contributed by atoms with E-state index in [9.17, 15) is 9.59 Å². The number of thioether (sulfide) groups is 1. The molecular weight excluding hydrogens is 456 g/mol. The fourth-order valence-electron chi connectivity index (χ4n) is 1.90. The Balaban J connectivity index is 0.00000102. The second kappa shape index (κ2) is 18.5. The van der Waals surface area contributed by atoms with Gasteiger partial charge >= 0.3 is 11.9 Å². The smallest absolute Gasteiger partial charge is 0.328 e. The Morgan fingerprint density at radius 3 is 2.59 bits per heavy atom. The Bertz CT molecular complexity index is 817.